The Morgan fingerprint density at radius 3 is 2.50 bits per heavy atom. The average molecular weight is 225 g/mol. The van der Waals surface area contributed by atoms with E-state index < -0.39 is 0 Å². The summed E-state index contributed by atoms with van der Waals surface area (Å²) in [6.07, 6.45) is 3.59. The second-order valence-corrected chi connectivity index (χ2v) is 5.51. The van der Waals surface area contributed by atoms with E-state index in [1.165, 1.54) is 25.9 Å². The molecule has 1 atom stereocenters. The molecule has 0 aliphatic carbocycles. The topological polar surface area (TPSA) is 35.6 Å². The molecule has 2 fully saturated rings. The van der Waals surface area contributed by atoms with Crippen LogP contribution in [0.25, 0.3) is 0 Å². The van der Waals surface area contributed by atoms with Gasteiger partial charge in [0.05, 0.1) is 0 Å². The number of hydrogen-bond acceptors (Lipinski definition) is 3. The van der Waals surface area contributed by atoms with Gasteiger partial charge in [0, 0.05) is 25.0 Å². The predicted octanol–water partition coefficient (Wildman–Crippen LogP) is 0.291. The third-order valence-electron chi connectivity index (χ3n) is 4.26. The number of amides is 1. The van der Waals surface area contributed by atoms with Crippen LogP contribution >= 0.6 is 0 Å². The highest BCUT2D eigenvalue weighted by Gasteiger charge is 2.44. The lowest BCUT2D eigenvalue weighted by Gasteiger charge is -2.42. The van der Waals surface area contributed by atoms with Gasteiger partial charge in [-0.15, -0.1) is 0 Å². The van der Waals surface area contributed by atoms with Crippen molar-refractivity contribution in [2.24, 2.45) is 0 Å². The van der Waals surface area contributed by atoms with E-state index in [0.29, 0.717) is 11.6 Å². The van der Waals surface area contributed by atoms with Crippen LogP contribution < -0.4 is 5.32 Å². The van der Waals surface area contributed by atoms with Crippen LogP contribution in [0.15, 0.2) is 0 Å². The monoisotopic (exact) mass is 225 g/mol. The third kappa shape index (κ3) is 2.23. The summed E-state index contributed by atoms with van der Waals surface area (Å²) in [5.74, 6) is 0.100. The molecule has 4 heteroatoms. The van der Waals surface area contributed by atoms with Gasteiger partial charge in [0.1, 0.15) is 0 Å². The molecule has 1 N–H and O–H groups in total. The number of piperidine rings is 1. The fourth-order valence-electron chi connectivity index (χ4n) is 3.21. The molecule has 2 heterocycles. The van der Waals surface area contributed by atoms with E-state index in [0.717, 1.165) is 13.0 Å². The Labute approximate surface area is 98.0 Å². The summed E-state index contributed by atoms with van der Waals surface area (Å²) in [4.78, 5) is 15.9. The average Bonchev–Trinajstić information content (AvgIpc) is 2.48. The van der Waals surface area contributed by atoms with E-state index >= 15 is 0 Å². The molecule has 2 saturated heterocycles. The van der Waals surface area contributed by atoms with Crippen LogP contribution in [0.2, 0.25) is 0 Å². The van der Waals surface area contributed by atoms with E-state index in [2.05, 4.69) is 29.2 Å². The van der Waals surface area contributed by atoms with Gasteiger partial charge in [0.15, 0.2) is 0 Å². The van der Waals surface area contributed by atoms with Crippen LogP contribution in [-0.4, -0.2) is 61.0 Å². The Bertz CT molecular complexity index is 271. The van der Waals surface area contributed by atoms with Crippen LogP contribution in [-0.2, 0) is 4.79 Å². The molecule has 2 aliphatic heterocycles. The largest absolute Gasteiger partial charge is 0.352 e. The minimum Gasteiger partial charge on any atom is -0.352 e. The molecule has 1 unspecified atom stereocenters. The highest BCUT2D eigenvalue weighted by atomic mass is 16.1. The van der Waals surface area contributed by atoms with Crippen molar-refractivity contribution < 1.29 is 4.79 Å². The van der Waals surface area contributed by atoms with Gasteiger partial charge >= 0.3 is 0 Å². The summed E-state index contributed by atoms with van der Waals surface area (Å²) in [5.41, 5.74) is 0.347. The predicted molar refractivity (Wildman–Crippen MR) is 64.3 cm³/mol. The molecular formula is C12H23N3O. The number of nitrogens with zero attached hydrogens (tertiary/aromatic N) is 2. The zero-order valence-electron chi connectivity index (χ0n) is 10.6. The van der Waals surface area contributed by atoms with E-state index in [1.807, 2.05) is 0 Å². The molecule has 0 saturated carbocycles. The van der Waals surface area contributed by atoms with E-state index in [9.17, 15) is 4.79 Å². The highest BCUT2D eigenvalue weighted by Crippen LogP contribution is 2.36. The summed E-state index contributed by atoms with van der Waals surface area (Å²) in [5, 5.41) is 3.06. The molecular weight excluding hydrogens is 202 g/mol. The maximum atomic E-state index is 11.1. The van der Waals surface area contributed by atoms with Gasteiger partial charge in [-0.25, -0.2) is 0 Å². The van der Waals surface area contributed by atoms with Crippen molar-refractivity contribution in [1.29, 1.82) is 0 Å². The molecule has 0 aromatic rings. The van der Waals surface area contributed by atoms with E-state index in [4.69, 9.17) is 0 Å². The van der Waals surface area contributed by atoms with Crippen molar-refractivity contribution in [3.8, 4) is 0 Å². The first kappa shape index (κ1) is 11.9. The number of carbonyl (C=O) groups is 1. The number of nitrogens with one attached hydrogen (secondary N) is 1. The van der Waals surface area contributed by atoms with E-state index in [-0.39, 0.29) is 5.91 Å². The van der Waals surface area contributed by atoms with Crippen LogP contribution in [0, 0.1) is 0 Å². The van der Waals surface area contributed by atoms with Crippen molar-refractivity contribution in [2.45, 2.75) is 37.8 Å². The Morgan fingerprint density at radius 2 is 1.94 bits per heavy atom. The number of likely N-dealkylation sites (tertiary alicyclic amines) is 2. The molecule has 1 amide bonds. The molecule has 0 radical (unpaired) electrons. The highest BCUT2D eigenvalue weighted by molar-refractivity contribution is 5.73. The minimum absolute atomic E-state index is 0.100. The van der Waals surface area contributed by atoms with Gasteiger partial charge in [0.2, 0.25) is 5.91 Å². The van der Waals surface area contributed by atoms with Crippen LogP contribution in [0.1, 0.15) is 26.2 Å². The summed E-state index contributed by atoms with van der Waals surface area (Å²) in [6, 6.07) is 0.353. The maximum absolute atomic E-state index is 11.1. The number of carbonyl (C=O) groups excluding carboxylic acids is 1. The second-order valence-electron chi connectivity index (χ2n) is 5.51. The summed E-state index contributed by atoms with van der Waals surface area (Å²) >= 11 is 0. The Kier molecular flexibility index (Phi) is 3.22. The molecule has 4 nitrogen and oxygen atoms in total. The maximum Gasteiger partial charge on any atom is 0.217 e. The molecule has 1 spiro atoms. The molecule has 92 valence electrons. The van der Waals surface area contributed by atoms with Crippen LogP contribution in [0.3, 0.4) is 0 Å². The first-order valence-corrected chi connectivity index (χ1v) is 6.19. The van der Waals surface area contributed by atoms with Gasteiger partial charge in [-0.2, -0.15) is 0 Å². The van der Waals surface area contributed by atoms with Crippen molar-refractivity contribution in [1.82, 2.24) is 15.1 Å². The minimum atomic E-state index is 0.100. The SMILES string of the molecule is CC(=O)NC1CN(C)C2(CCN(C)CC2)C1. The normalized spacial score (nSPS) is 30.8. The zero-order chi connectivity index (χ0) is 11.8. The Morgan fingerprint density at radius 1 is 1.31 bits per heavy atom. The molecule has 16 heavy (non-hydrogen) atoms. The Balaban J connectivity index is 1.98. The molecule has 0 bridgehead atoms. The number of likely N-dealkylation sites (N-methyl/N-ethyl adjacent to an activating group) is 1. The van der Waals surface area contributed by atoms with Crippen LogP contribution in [0.5, 0.6) is 0 Å². The summed E-state index contributed by atoms with van der Waals surface area (Å²) in [6.45, 7) is 4.97. The van der Waals surface area contributed by atoms with Crippen molar-refractivity contribution in [3.63, 3.8) is 0 Å². The first-order chi connectivity index (χ1) is 7.52. The molecule has 2 aliphatic rings. The quantitative estimate of drug-likeness (QED) is 0.697. The fourth-order valence-corrected chi connectivity index (χ4v) is 3.21. The lowest BCUT2D eigenvalue weighted by Crippen LogP contribution is -2.49. The second kappa shape index (κ2) is 4.34. The third-order valence-corrected chi connectivity index (χ3v) is 4.26. The Hall–Kier alpha value is -0.610. The van der Waals surface area contributed by atoms with Gasteiger partial charge < -0.3 is 10.2 Å². The fraction of sp³-hybridized carbons (Fsp3) is 0.917. The van der Waals surface area contributed by atoms with Gasteiger partial charge in [-0.1, -0.05) is 0 Å². The molecule has 0 aromatic heterocycles. The summed E-state index contributed by atoms with van der Waals surface area (Å²) < 4.78 is 0. The van der Waals surface area contributed by atoms with Gasteiger partial charge in [-0.3, -0.25) is 9.69 Å². The van der Waals surface area contributed by atoms with Crippen molar-refractivity contribution >= 4 is 5.91 Å². The van der Waals surface area contributed by atoms with Crippen molar-refractivity contribution in [3.05, 3.63) is 0 Å². The molecule has 0 aromatic carbocycles. The lowest BCUT2D eigenvalue weighted by molar-refractivity contribution is -0.119. The van der Waals surface area contributed by atoms with Gasteiger partial charge in [-0.05, 0) is 46.4 Å². The van der Waals surface area contributed by atoms with Crippen molar-refractivity contribution in [2.75, 3.05) is 33.7 Å². The number of rotatable bonds is 1. The smallest absolute Gasteiger partial charge is 0.217 e. The molecule has 2 rings (SSSR count). The zero-order valence-corrected chi connectivity index (χ0v) is 10.6. The van der Waals surface area contributed by atoms with Crippen LogP contribution in [0.4, 0.5) is 0 Å². The van der Waals surface area contributed by atoms with Gasteiger partial charge in [0.25, 0.3) is 0 Å². The summed E-state index contributed by atoms with van der Waals surface area (Å²) in [7, 11) is 4.39. The first-order valence-electron chi connectivity index (χ1n) is 6.19. The lowest BCUT2D eigenvalue weighted by atomic mass is 9.84. The standard InChI is InChI=1S/C12H23N3O/c1-10(16)13-11-8-12(15(3)9-11)4-6-14(2)7-5-12/h11H,4-9H2,1-3H3,(H,13,16). The van der Waals surface area contributed by atoms with E-state index in [1.54, 1.807) is 6.92 Å². The number of hydrogen-bond donors (Lipinski definition) is 1.